The van der Waals surface area contributed by atoms with Gasteiger partial charge in [-0.05, 0) is 24.1 Å². The topological polar surface area (TPSA) is 99.4 Å². The fourth-order valence-electron chi connectivity index (χ4n) is 3.33. The van der Waals surface area contributed by atoms with E-state index in [1.54, 1.807) is 30.5 Å². The Morgan fingerprint density at radius 2 is 2.23 bits per heavy atom. The fraction of sp³-hybridized carbons (Fsp3) is 0.409. The highest BCUT2D eigenvalue weighted by molar-refractivity contribution is 5.87. The number of pyridine rings is 2. The van der Waals surface area contributed by atoms with Crippen molar-refractivity contribution >= 4 is 11.6 Å². The molecule has 8 nitrogen and oxygen atoms in total. The fourth-order valence-corrected chi connectivity index (χ4v) is 3.33. The molecule has 0 saturated carbocycles. The molecule has 0 bridgehead atoms. The highest BCUT2D eigenvalue weighted by Crippen LogP contribution is 2.23. The minimum atomic E-state index is -0.191. The quantitative estimate of drug-likeness (QED) is 0.575. The molecule has 0 spiro atoms. The molecule has 3 heterocycles. The molecule has 0 aromatic carbocycles. The van der Waals surface area contributed by atoms with Gasteiger partial charge in [0, 0.05) is 61.8 Å². The predicted octanol–water partition coefficient (Wildman–Crippen LogP) is 2.01. The van der Waals surface area contributed by atoms with E-state index in [1.165, 1.54) is 0 Å². The third kappa shape index (κ3) is 5.70. The Labute approximate surface area is 176 Å². The van der Waals surface area contributed by atoms with Gasteiger partial charge in [0.1, 0.15) is 5.69 Å². The first-order valence-corrected chi connectivity index (χ1v) is 10.1. The number of carbonyl (C=O) groups excluding carboxylic acids is 1. The van der Waals surface area contributed by atoms with Gasteiger partial charge in [-0.15, -0.1) is 0 Å². The second-order valence-corrected chi connectivity index (χ2v) is 7.60. The van der Waals surface area contributed by atoms with Crippen LogP contribution in [0.4, 0.5) is 5.69 Å². The van der Waals surface area contributed by atoms with Gasteiger partial charge in [-0.3, -0.25) is 9.59 Å². The van der Waals surface area contributed by atoms with Crippen LogP contribution < -0.4 is 20.9 Å². The number of carbonyl (C=O) groups is 1. The van der Waals surface area contributed by atoms with Crippen molar-refractivity contribution < 1.29 is 9.53 Å². The van der Waals surface area contributed by atoms with Crippen molar-refractivity contribution in [2.45, 2.75) is 32.4 Å². The van der Waals surface area contributed by atoms with Crippen LogP contribution in [-0.4, -0.2) is 59.6 Å². The number of hydrogen-bond acceptors (Lipinski definition) is 6. The van der Waals surface area contributed by atoms with Gasteiger partial charge in [0.05, 0.1) is 7.11 Å². The van der Waals surface area contributed by atoms with Gasteiger partial charge in [0.2, 0.25) is 11.8 Å². The van der Waals surface area contributed by atoms with E-state index in [1.807, 2.05) is 24.3 Å². The lowest BCUT2D eigenvalue weighted by Crippen LogP contribution is -2.31. The van der Waals surface area contributed by atoms with Crippen molar-refractivity contribution in [3.05, 3.63) is 53.1 Å². The van der Waals surface area contributed by atoms with Crippen LogP contribution in [0.1, 0.15) is 20.3 Å². The lowest BCUT2D eigenvalue weighted by molar-refractivity contribution is -0.125. The Bertz CT molecular complexity index is 954. The standard InChI is InChI=1S/C22H29N5O3/c1-15(2)23-8-4-5-21(28)27-10-7-18(14-27)26-19-11-17(13-25-22(19)29)16-6-9-24-20(12-16)30-3/h4-6,9,11-13,15,18,23,26H,7-8,10,14H2,1-3H3,(H,25,29)/b5-4+/t18-/m1/s1. The highest BCUT2D eigenvalue weighted by atomic mass is 16.5. The Hall–Kier alpha value is -3.13. The van der Waals surface area contributed by atoms with E-state index in [9.17, 15) is 9.59 Å². The Balaban J connectivity index is 1.63. The van der Waals surface area contributed by atoms with Crippen LogP contribution in [0.2, 0.25) is 0 Å². The molecular formula is C22H29N5O3. The number of anilines is 1. The van der Waals surface area contributed by atoms with Crippen LogP contribution in [0.25, 0.3) is 11.1 Å². The molecule has 1 fully saturated rings. The summed E-state index contributed by atoms with van der Waals surface area (Å²) in [6.07, 6.45) is 7.58. The number of amides is 1. The lowest BCUT2D eigenvalue weighted by Gasteiger charge is -2.16. The van der Waals surface area contributed by atoms with Gasteiger partial charge in [-0.2, -0.15) is 0 Å². The van der Waals surface area contributed by atoms with E-state index in [4.69, 9.17) is 4.74 Å². The van der Waals surface area contributed by atoms with E-state index in [2.05, 4.69) is 34.4 Å². The number of likely N-dealkylation sites (tertiary alicyclic amines) is 1. The largest absolute Gasteiger partial charge is 0.481 e. The summed E-state index contributed by atoms with van der Waals surface area (Å²) in [5.41, 5.74) is 2.04. The number of aromatic amines is 1. The molecule has 1 saturated heterocycles. The smallest absolute Gasteiger partial charge is 0.271 e. The van der Waals surface area contributed by atoms with E-state index in [0.717, 1.165) is 17.5 Å². The number of hydrogen-bond donors (Lipinski definition) is 3. The predicted molar refractivity (Wildman–Crippen MR) is 118 cm³/mol. The number of nitrogens with one attached hydrogen (secondary N) is 3. The first kappa shape index (κ1) is 21.6. The van der Waals surface area contributed by atoms with Gasteiger partial charge in [-0.25, -0.2) is 4.98 Å². The number of rotatable bonds is 8. The zero-order valence-electron chi connectivity index (χ0n) is 17.6. The molecule has 2 aromatic rings. The Kier molecular flexibility index (Phi) is 7.24. The molecule has 8 heteroatoms. The number of methoxy groups -OCH3 is 1. The highest BCUT2D eigenvalue weighted by Gasteiger charge is 2.25. The lowest BCUT2D eigenvalue weighted by atomic mass is 10.1. The van der Waals surface area contributed by atoms with Gasteiger partial charge in [0.15, 0.2) is 0 Å². The minimum Gasteiger partial charge on any atom is -0.481 e. The van der Waals surface area contributed by atoms with Crippen LogP contribution in [-0.2, 0) is 4.79 Å². The molecule has 3 rings (SSSR count). The first-order valence-electron chi connectivity index (χ1n) is 10.1. The van der Waals surface area contributed by atoms with Crippen LogP contribution in [0.15, 0.2) is 47.5 Å². The zero-order valence-corrected chi connectivity index (χ0v) is 17.6. The zero-order chi connectivity index (χ0) is 21.5. The molecule has 2 aromatic heterocycles. The molecule has 160 valence electrons. The maximum absolute atomic E-state index is 12.4. The van der Waals surface area contributed by atoms with E-state index < -0.39 is 0 Å². The third-order valence-corrected chi connectivity index (χ3v) is 4.94. The number of nitrogens with zero attached hydrogens (tertiary/aromatic N) is 2. The van der Waals surface area contributed by atoms with Gasteiger partial charge < -0.3 is 25.3 Å². The SMILES string of the molecule is COc1cc(-c2c[nH]c(=O)c(N[C@@H]3CCN(C(=O)/C=C/CNC(C)C)C3)c2)ccn1. The summed E-state index contributed by atoms with van der Waals surface area (Å²) in [4.78, 5) is 33.3. The van der Waals surface area contributed by atoms with Crippen molar-refractivity contribution in [2.75, 3.05) is 32.1 Å². The average Bonchev–Trinajstić information content (AvgIpc) is 3.21. The van der Waals surface area contributed by atoms with Crippen LogP contribution in [0, 0.1) is 0 Å². The van der Waals surface area contributed by atoms with Crippen LogP contribution >= 0.6 is 0 Å². The third-order valence-electron chi connectivity index (χ3n) is 4.94. The monoisotopic (exact) mass is 411 g/mol. The molecule has 3 N–H and O–H groups in total. The van der Waals surface area contributed by atoms with Crippen molar-refractivity contribution in [2.24, 2.45) is 0 Å². The van der Waals surface area contributed by atoms with Gasteiger partial charge >= 0.3 is 0 Å². The maximum Gasteiger partial charge on any atom is 0.271 e. The summed E-state index contributed by atoms with van der Waals surface area (Å²) >= 11 is 0. The molecule has 1 atom stereocenters. The molecule has 1 amide bonds. The molecule has 30 heavy (non-hydrogen) atoms. The second kappa shape index (κ2) is 10.1. The average molecular weight is 412 g/mol. The Morgan fingerprint density at radius 1 is 1.40 bits per heavy atom. The summed E-state index contributed by atoms with van der Waals surface area (Å²) in [6, 6.07) is 5.89. The van der Waals surface area contributed by atoms with E-state index in [0.29, 0.717) is 37.2 Å². The molecule has 1 aliphatic heterocycles. The normalized spacial score (nSPS) is 16.4. The van der Waals surface area contributed by atoms with E-state index >= 15 is 0 Å². The molecule has 0 aliphatic carbocycles. The summed E-state index contributed by atoms with van der Waals surface area (Å²) in [6.45, 7) is 6.02. The molecule has 0 unspecified atom stereocenters. The molecular weight excluding hydrogens is 382 g/mol. The maximum atomic E-state index is 12.4. The number of H-pyrrole nitrogens is 1. The number of ether oxygens (including phenoxy) is 1. The van der Waals surface area contributed by atoms with Crippen LogP contribution in [0.3, 0.4) is 0 Å². The second-order valence-electron chi connectivity index (χ2n) is 7.60. The van der Waals surface area contributed by atoms with Crippen molar-refractivity contribution in [3.8, 4) is 17.0 Å². The molecule has 1 aliphatic rings. The summed E-state index contributed by atoms with van der Waals surface area (Å²) in [5, 5.41) is 6.54. The van der Waals surface area contributed by atoms with Crippen molar-refractivity contribution in [1.82, 2.24) is 20.2 Å². The first-order chi connectivity index (χ1) is 14.5. The molecule has 0 radical (unpaired) electrons. The van der Waals surface area contributed by atoms with Crippen molar-refractivity contribution in [3.63, 3.8) is 0 Å². The Morgan fingerprint density at radius 3 is 3.00 bits per heavy atom. The summed E-state index contributed by atoms with van der Waals surface area (Å²) < 4.78 is 5.17. The van der Waals surface area contributed by atoms with Gasteiger partial charge in [-0.1, -0.05) is 19.9 Å². The van der Waals surface area contributed by atoms with Crippen LogP contribution in [0.5, 0.6) is 5.88 Å². The van der Waals surface area contributed by atoms with Crippen molar-refractivity contribution in [1.29, 1.82) is 0 Å². The number of aromatic nitrogens is 2. The summed E-state index contributed by atoms with van der Waals surface area (Å²) in [5.74, 6) is 0.506. The summed E-state index contributed by atoms with van der Waals surface area (Å²) in [7, 11) is 1.56. The minimum absolute atomic E-state index is 0.00334. The van der Waals surface area contributed by atoms with E-state index in [-0.39, 0.29) is 17.5 Å². The van der Waals surface area contributed by atoms with Gasteiger partial charge in [0.25, 0.3) is 5.56 Å².